The van der Waals surface area contributed by atoms with Gasteiger partial charge in [0, 0.05) is 24.2 Å². The van der Waals surface area contributed by atoms with Crippen LogP contribution in [-0.2, 0) is 19.1 Å². The van der Waals surface area contributed by atoms with Gasteiger partial charge in [-0.05, 0) is 56.0 Å². The first-order valence-electron chi connectivity index (χ1n) is 9.23. The Hall–Kier alpha value is -3.15. The minimum atomic E-state index is -0.500. The first kappa shape index (κ1) is 21.2. The van der Waals surface area contributed by atoms with Crippen molar-refractivity contribution in [2.24, 2.45) is 0 Å². The lowest BCUT2D eigenvalue weighted by atomic mass is 10.1. The van der Waals surface area contributed by atoms with Crippen LogP contribution in [0.5, 0.6) is 0 Å². The second kappa shape index (κ2) is 10.3. The van der Waals surface area contributed by atoms with E-state index in [2.05, 4.69) is 10.6 Å². The average Bonchev–Trinajstić information content (AvgIpc) is 2.65. The van der Waals surface area contributed by atoms with E-state index in [1.807, 2.05) is 63.2 Å². The number of anilines is 2. The van der Waals surface area contributed by atoms with Crippen LogP contribution < -0.4 is 10.6 Å². The molecule has 2 rings (SSSR count). The lowest BCUT2D eigenvalue weighted by molar-refractivity contribution is -0.147. The highest BCUT2D eigenvalue weighted by molar-refractivity contribution is 5.94. The fourth-order valence-electron chi connectivity index (χ4n) is 2.59. The summed E-state index contributed by atoms with van der Waals surface area (Å²) < 4.78 is 4.98. The zero-order valence-electron chi connectivity index (χ0n) is 16.5. The predicted molar refractivity (Wildman–Crippen MR) is 109 cm³/mol. The first-order chi connectivity index (χ1) is 13.3. The van der Waals surface area contributed by atoms with E-state index in [1.165, 1.54) is 0 Å². The number of hydrogen-bond acceptors (Lipinski definition) is 4. The summed E-state index contributed by atoms with van der Waals surface area (Å²) in [5, 5.41) is 5.55. The summed E-state index contributed by atoms with van der Waals surface area (Å²) in [6.07, 6.45) is 0.644. The molecule has 0 aromatic heterocycles. The highest BCUT2D eigenvalue weighted by atomic mass is 16.5. The Morgan fingerprint density at radius 1 is 0.821 bits per heavy atom. The van der Waals surface area contributed by atoms with E-state index in [4.69, 9.17) is 4.74 Å². The van der Waals surface area contributed by atoms with E-state index in [-0.39, 0.29) is 31.3 Å². The highest BCUT2D eigenvalue weighted by Crippen LogP contribution is 2.16. The monoisotopic (exact) mass is 382 g/mol. The van der Waals surface area contributed by atoms with Crippen LogP contribution in [0.15, 0.2) is 42.5 Å². The Bertz CT molecular complexity index is 861. The molecule has 0 spiro atoms. The zero-order chi connectivity index (χ0) is 20.5. The van der Waals surface area contributed by atoms with Crippen molar-refractivity contribution < 1.29 is 19.1 Å². The van der Waals surface area contributed by atoms with E-state index in [9.17, 15) is 14.4 Å². The van der Waals surface area contributed by atoms with Crippen LogP contribution in [0.3, 0.4) is 0 Å². The van der Waals surface area contributed by atoms with Crippen LogP contribution in [0, 0.1) is 20.8 Å². The average molecular weight is 382 g/mol. The Balaban J connectivity index is 1.67. The molecule has 0 radical (unpaired) electrons. The van der Waals surface area contributed by atoms with Crippen molar-refractivity contribution in [3.05, 3.63) is 59.2 Å². The Labute approximate surface area is 165 Å². The van der Waals surface area contributed by atoms with Crippen LogP contribution in [0.4, 0.5) is 11.4 Å². The second-order valence-corrected chi connectivity index (χ2v) is 6.74. The van der Waals surface area contributed by atoms with Crippen molar-refractivity contribution in [2.75, 3.05) is 17.2 Å². The number of hydrogen-bond donors (Lipinski definition) is 2. The van der Waals surface area contributed by atoms with Crippen LogP contribution in [0.1, 0.15) is 36.0 Å². The molecule has 2 amide bonds. The number of aryl methyl sites for hydroxylation is 3. The lowest BCUT2D eigenvalue weighted by Gasteiger charge is -2.10. The van der Waals surface area contributed by atoms with Gasteiger partial charge in [0.05, 0.1) is 0 Å². The Morgan fingerprint density at radius 3 is 2.25 bits per heavy atom. The van der Waals surface area contributed by atoms with Gasteiger partial charge < -0.3 is 15.4 Å². The summed E-state index contributed by atoms with van der Waals surface area (Å²) in [7, 11) is 0. The number of carbonyl (C=O) groups excluding carboxylic acids is 3. The predicted octanol–water partition coefficient (Wildman–Crippen LogP) is 3.90. The number of para-hydroxylation sites is 1. The molecular formula is C22H26N2O4. The fourth-order valence-corrected chi connectivity index (χ4v) is 2.59. The van der Waals surface area contributed by atoms with Gasteiger partial charge in [-0.2, -0.15) is 0 Å². The van der Waals surface area contributed by atoms with E-state index in [0.717, 1.165) is 22.4 Å². The van der Waals surface area contributed by atoms with Gasteiger partial charge in [-0.25, -0.2) is 0 Å². The highest BCUT2D eigenvalue weighted by Gasteiger charge is 2.11. The molecule has 2 N–H and O–H groups in total. The van der Waals surface area contributed by atoms with Crippen LogP contribution >= 0.6 is 0 Å². The summed E-state index contributed by atoms with van der Waals surface area (Å²) in [6, 6.07) is 13.2. The van der Waals surface area contributed by atoms with E-state index >= 15 is 0 Å². The van der Waals surface area contributed by atoms with Gasteiger partial charge in [0.1, 0.15) is 0 Å². The maximum Gasteiger partial charge on any atom is 0.306 e. The molecule has 0 saturated heterocycles. The summed E-state index contributed by atoms with van der Waals surface area (Å²) in [5.74, 6) is -1.05. The van der Waals surface area contributed by atoms with Gasteiger partial charge in [-0.1, -0.05) is 30.3 Å². The molecule has 2 aromatic carbocycles. The minimum Gasteiger partial charge on any atom is -0.456 e. The van der Waals surface area contributed by atoms with Crippen LogP contribution in [0.2, 0.25) is 0 Å². The van der Waals surface area contributed by atoms with Crippen molar-refractivity contribution in [3.8, 4) is 0 Å². The van der Waals surface area contributed by atoms with Crippen molar-refractivity contribution in [2.45, 2.75) is 40.0 Å². The third-order valence-corrected chi connectivity index (χ3v) is 4.24. The van der Waals surface area contributed by atoms with E-state index < -0.39 is 5.97 Å². The van der Waals surface area contributed by atoms with Gasteiger partial charge in [0.25, 0.3) is 5.91 Å². The van der Waals surface area contributed by atoms with Gasteiger partial charge >= 0.3 is 5.97 Å². The van der Waals surface area contributed by atoms with Gasteiger partial charge in [0.15, 0.2) is 6.61 Å². The normalized spacial score (nSPS) is 10.2. The van der Waals surface area contributed by atoms with E-state index in [0.29, 0.717) is 12.1 Å². The number of nitrogens with one attached hydrogen (secondary N) is 2. The fraction of sp³-hybridized carbons (Fsp3) is 0.318. The Morgan fingerprint density at radius 2 is 1.50 bits per heavy atom. The molecule has 0 saturated carbocycles. The molecule has 6 nitrogen and oxygen atoms in total. The number of ether oxygens (including phenoxy) is 1. The standard InChI is InChI=1S/C22H26N2O4/c1-15-11-12-17(3)19(13-15)24-21(26)14-28-22(27)10-6-9-20(25)23-18-8-5-4-7-16(18)2/h4-5,7-8,11-13H,6,9-10,14H2,1-3H3,(H,23,25)(H,24,26). The summed E-state index contributed by atoms with van der Waals surface area (Å²) in [4.78, 5) is 35.7. The molecule has 0 fully saturated rings. The molecule has 0 aliphatic carbocycles. The van der Waals surface area contributed by atoms with Gasteiger partial charge in [-0.3, -0.25) is 14.4 Å². The third-order valence-electron chi connectivity index (χ3n) is 4.24. The molecule has 6 heteroatoms. The smallest absolute Gasteiger partial charge is 0.306 e. The van der Waals surface area contributed by atoms with Gasteiger partial charge in [-0.15, -0.1) is 0 Å². The van der Waals surface area contributed by atoms with Crippen molar-refractivity contribution in [3.63, 3.8) is 0 Å². The molecule has 28 heavy (non-hydrogen) atoms. The maximum atomic E-state index is 11.9. The number of esters is 1. The van der Waals surface area contributed by atoms with Crippen LogP contribution in [-0.4, -0.2) is 24.4 Å². The van der Waals surface area contributed by atoms with Crippen molar-refractivity contribution in [1.29, 1.82) is 0 Å². The number of amides is 2. The molecule has 148 valence electrons. The quantitative estimate of drug-likeness (QED) is 0.678. The SMILES string of the molecule is Cc1ccc(C)c(NC(=O)COC(=O)CCCC(=O)Nc2ccccc2C)c1. The lowest BCUT2D eigenvalue weighted by Crippen LogP contribution is -2.21. The zero-order valence-corrected chi connectivity index (χ0v) is 16.5. The minimum absolute atomic E-state index is 0.0813. The van der Waals surface area contributed by atoms with Gasteiger partial charge in [0.2, 0.25) is 5.91 Å². The summed E-state index contributed by atoms with van der Waals surface area (Å²) >= 11 is 0. The van der Waals surface area contributed by atoms with E-state index in [1.54, 1.807) is 0 Å². The molecular weight excluding hydrogens is 356 g/mol. The largest absolute Gasteiger partial charge is 0.456 e. The summed E-state index contributed by atoms with van der Waals surface area (Å²) in [6.45, 7) is 5.39. The third kappa shape index (κ3) is 6.87. The van der Waals surface area contributed by atoms with Crippen molar-refractivity contribution >= 4 is 29.2 Å². The molecule has 0 aliphatic rings. The number of carbonyl (C=O) groups is 3. The maximum absolute atomic E-state index is 11.9. The first-order valence-corrected chi connectivity index (χ1v) is 9.23. The molecule has 0 atom stereocenters. The Kier molecular flexibility index (Phi) is 7.75. The number of rotatable bonds is 8. The van der Waals surface area contributed by atoms with Crippen LogP contribution in [0.25, 0.3) is 0 Å². The topological polar surface area (TPSA) is 84.5 Å². The molecule has 2 aromatic rings. The second-order valence-electron chi connectivity index (χ2n) is 6.74. The molecule has 0 unspecified atom stereocenters. The molecule has 0 aliphatic heterocycles. The van der Waals surface area contributed by atoms with Crippen molar-refractivity contribution in [1.82, 2.24) is 0 Å². The number of benzene rings is 2. The molecule has 0 bridgehead atoms. The molecule has 0 heterocycles. The summed E-state index contributed by atoms with van der Waals surface area (Å²) in [5.41, 5.74) is 4.41.